The summed E-state index contributed by atoms with van der Waals surface area (Å²) in [6, 6.07) is 7.54. The minimum Gasteiger partial charge on any atom is -0.497 e. The first kappa shape index (κ1) is 19.6. The maximum Gasteiger partial charge on any atom is 0.326 e. The molecule has 1 fully saturated rings. The predicted molar refractivity (Wildman–Crippen MR) is 113 cm³/mol. The number of benzene rings is 1. The van der Waals surface area contributed by atoms with Crippen LogP contribution >= 0.6 is 11.3 Å². The van der Waals surface area contributed by atoms with Crippen LogP contribution in [-0.2, 0) is 16.1 Å². The lowest BCUT2D eigenvalue weighted by atomic mass is 9.89. The molecule has 152 valence electrons. The third kappa shape index (κ3) is 4.19. The molecule has 0 amide bonds. The van der Waals surface area contributed by atoms with Gasteiger partial charge in [0, 0.05) is 10.9 Å². The average molecular weight is 413 g/mol. The summed E-state index contributed by atoms with van der Waals surface area (Å²) < 4.78 is 12.2. The van der Waals surface area contributed by atoms with Gasteiger partial charge in [-0.15, -0.1) is 11.3 Å². The van der Waals surface area contributed by atoms with Crippen LogP contribution in [0, 0.1) is 5.92 Å². The average Bonchev–Trinajstić information content (AvgIpc) is 3.15. The fourth-order valence-corrected chi connectivity index (χ4v) is 4.82. The zero-order valence-electron chi connectivity index (χ0n) is 16.6. The van der Waals surface area contributed by atoms with Crippen LogP contribution in [0.2, 0.25) is 0 Å². The van der Waals surface area contributed by atoms with Crippen LogP contribution in [0.4, 0.5) is 0 Å². The SMILES string of the molecule is COc1ccc(-c2csc3ncn(CC(=O)O[C@H]4CCC[C@H](C)C4)c(=O)c23)cc1. The Bertz CT molecular complexity index is 1070. The van der Waals surface area contributed by atoms with Crippen molar-refractivity contribution in [2.24, 2.45) is 5.92 Å². The number of hydrogen-bond donors (Lipinski definition) is 0. The Morgan fingerprint density at radius 2 is 2.07 bits per heavy atom. The van der Waals surface area contributed by atoms with E-state index in [0.29, 0.717) is 16.1 Å². The Hall–Kier alpha value is -2.67. The molecular formula is C22H24N2O4S. The van der Waals surface area contributed by atoms with E-state index in [2.05, 4.69) is 11.9 Å². The van der Waals surface area contributed by atoms with Crippen molar-refractivity contribution < 1.29 is 14.3 Å². The highest BCUT2D eigenvalue weighted by Gasteiger charge is 2.23. The molecule has 6 nitrogen and oxygen atoms in total. The van der Waals surface area contributed by atoms with E-state index in [4.69, 9.17) is 9.47 Å². The molecule has 4 rings (SSSR count). The molecule has 1 aromatic carbocycles. The van der Waals surface area contributed by atoms with Crippen molar-refractivity contribution in [2.75, 3.05) is 7.11 Å². The molecule has 1 aliphatic rings. The van der Waals surface area contributed by atoms with E-state index >= 15 is 0 Å². The lowest BCUT2D eigenvalue weighted by molar-refractivity contribution is -0.152. The van der Waals surface area contributed by atoms with Crippen molar-refractivity contribution in [1.29, 1.82) is 0 Å². The highest BCUT2D eigenvalue weighted by Crippen LogP contribution is 2.31. The quantitative estimate of drug-likeness (QED) is 0.586. The van der Waals surface area contributed by atoms with Gasteiger partial charge in [-0.1, -0.05) is 25.5 Å². The Morgan fingerprint density at radius 1 is 1.28 bits per heavy atom. The van der Waals surface area contributed by atoms with Gasteiger partial charge in [0.15, 0.2) is 0 Å². The van der Waals surface area contributed by atoms with Crippen LogP contribution in [0.15, 0.2) is 40.8 Å². The van der Waals surface area contributed by atoms with E-state index < -0.39 is 0 Å². The third-order valence-corrected chi connectivity index (χ3v) is 6.33. The lowest BCUT2D eigenvalue weighted by Gasteiger charge is -2.26. The van der Waals surface area contributed by atoms with Crippen molar-refractivity contribution in [2.45, 2.75) is 45.3 Å². The van der Waals surface area contributed by atoms with Crippen molar-refractivity contribution in [3.63, 3.8) is 0 Å². The molecule has 0 spiro atoms. The summed E-state index contributed by atoms with van der Waals surface area (Å²) in [5.41, 5.74) is 1.50. The number of ether oxygens (including phenoxy) is 2. The summed E-state index contributed by atoms with van der Waals surface area (Å²) in [5, 5.41) is 2.45. The zero-order valence-corrected chi connectivity index (χ0v) is 17.4. The first-order valence-electron chi connectivity index (χ1n) is 9.85. The van der Waals surface area contributed by atoms with Gasteiger partial charge in [0.05, 0.1) is 18.8 Å². The fraction of sp³-hybridized carbons (Fsp3) is 0.409. The lowest BCUT2D eigenvalue weighted by Crippen LogP contribution is -2.30. The fourth-order valence-electron chi connectivity index (χ4n) is 3.91. The van der Waals surface area contributed by atoms with Gasteiger partial charge in [0.25, 0.3) is 5.56 Å². The summed E-state index contributed by atoms with van der Waals surface area (Å²) in [5.74, 6) is 0.942. The maximum absolute atomic E-state index is 13.1. The van der Waals surface area contributed by atoms with Gasteiger partial charge < -0.3 is 9.47 Å². The monoisotopic (exact) mass is 412 g/mol. The molecule has 0 saturated heterocycles. The molecule has 0 aliphatic heterocycles. The molecule has 2 aromatic heterocycles. The van der Waals surface area contributed by atoms with E-state index in [-0.39, 0.29) is 24.2 Å². The van der Waals surface area contributed by atoms with Gasteiger partial charge in [-0.25, -0.2) is 4.98 Å². The van der Waals surface area contributed by atoms with Gasteiger partial charge in [0.1, 0.15) is 23.2 Å². The standard InChI is InChI=1S/C22H24N2O4S/c1-14-4-3-5-17(10-14)28-19(25)11-24-13-23-21-20(22(24)26)18(12-29-21)15-6-8-16(27-2)9-7-15/h6-9,12-14,17H,3-5,10-11H2,1-2H3/t14-,17-/m0/s1. The van der Waals surface area contributed by atoms with Crippen molar-refractivity contribution >= 4 is 27.5 Å². The van der Waals surface area contributed by atoms with Crippen molar-refractivity contribution in [3.05, 3.63) is 46.3 Å². The topological polar surface area (TPSA) is 70.4 Å². The molecule has 0 radical (unpaired) electrons. The highest BCUT2D eigenvalue weighted by molar-refractivity contribution is 7.17. The van der Waals surface area contributed by atoms with Crippen LogP contribution in [0.5, 0.6) is 5.75 Å². The molecule has 0 N–H and O–H groups in total. The number of carbonyl (C=O) groups excluding carboxylic acids is 1. The van der Waals surface area contributed by atoms with Gasteiger partial charge in [-0.3, -0.25) is 14.2 Å². The number of hydrogen-bond acceptors (Lipinski definition) is 6. The number of methoxy groups -OCH3 is 1. The minimum atomic E-state index is -0.381. The van der Waals surface area contributed by atoms with Crippen LogP contribution in [0.3, 0.4) is 0 Å². The number of nitrogens with zero attached hydrogens (tertiary/aromatic N) is 2. The first-order valence-corrected chi connectivity index (χ1v) is 10.7. The van der Waals surface area contributed by atoms with Crippen LogP contribution in [0.1, 0.15) is 32.6 Å². The summed E-state index contributed by atoms with van der Waals surface area (Å²) in [6.07, 6.45) is 5.43. The summed E-state index contributed by atoms with van der Waals surface area (Å²) >= 11 is 1.42. The van der Waals surface area contributed by atoms with Crippen LogP contribution in [0.25, 0.3) is 21.3 Å². The number of rotatable bonds is 5. The largest absolute Gasteiger partial charge is 0.497 e. The van der Waals surface area contributed by atoms with E-state index in [1.807, 2.05) is 29.6 Å². The summed E-state index contributed by atoms with van der Waals surface area (Å²) in [7, 11) is 1.62. The molecule has 7 heteroatoms. The summed E-state index contributed by atoms with van der Waals surface area (Å²) in [6.45, 7) is 2.06. The minimum absolute atomic E-state index is 0.0466. The Labute approximate surface area is 173 Å². The predicted octanol–water partition coefficient (Wildman–Crippen LogP) is 4.26. The second-order valence-electron chi connectivity index (χ2n) is 7.62. The van der Waals surface area contributed by atoms with Crippen molar-refractivity contribution in [1.82, 2.24) is 9.55 Å². The van der Waals surface area contributed by atoms with E-state index in [0.717, 1.165) is 36.1 Å². The molecule has 1 saturated carbocycles. The Kier molecular flexibility index (Phi) is 5.67. The van der Waals surface area contributed by atoms with Gasteiger partial charge in [-0.2, -0.15) is 0 Å². The second-order valence-corrected chi connectivity index (χ2v) is 8.48. The van der Waals surface area contributed by atoms with E-state index in [1.165, 1.54) is 28.7 Å². The van der Waals surface area contributed by atoms with Gasteiger partial charge in [0.2, 0.25) is 0 Å². The molecule has 2 atom stereocenters. The number of thiophene rings is 1. The van der Waals surface area contributed by atoms with Gasteiger partial charge >= 0.3 is 5.97 Å². The molecule has 1 aliphatic carbocycles. The van der Waals surface area contributed by atoms with E-state index in [9.17, 15) is 9.59 Å². The molecule has 0 bridgehead atoms. The maximum atomic E-state index is 13.1. The molecular weight excluding hydrogens is 388 g/mol. The van der Waals surface area contributed by atoms with Crippen LogP contribution in [-0.4, -0.2) is 28.7 Å². The molecule has 2 heterocycles. The van der Waals surface area contributed by atoms with Crippen molar-refractivity contribution in [3.8, 4) is 16.9 Å². The number of aromatic nitrogens is 2. The summed E-state index contributed by atoms with van der Waals surface area (Å²) in [4.78, 5) is 30.5. The molecule has 3 aromatic rings. The number of carbonyl (C=O) groups is 1. The van der Waals surface area contributed by atoms with Crippen LogP contribution < -0.4 is 10.3 Å². The number of esters is 1. The smallest absolute Gasteiger partial charge is 0.326 e. The second kappa shape index (κ2) is 8.37. The van der Waals surface area contributed by atoms with E-state index in [1.54, 1.807) is 7.11 Å². The molecule has 0 unspecified atom stereocenters. The first-order chi connectivity index (χ1) is 14.0. The Morgan fingerprint density at radius 3 is 2.79 bits per heavy atom. The molecule has 29 heavy (non-hydrogen) atoms. The third-order valence-electron chi connectivity index (χ3n) is 5.45. The number of fused-ring (bicyclic) bond motifs is 1. The van der Waals surface area contributed by atoms with Gasteiger partial charge in [-0.05, 0) is 42.9 Å². The normalized spacial score (nSPS) is 19.2. The Balaban J connectivity index is 1.58. The zero-order chi connectivity index (χ0) is 20.4. The highest BCUT2D eigenvalue weighted by atomic mass is 32.1.